The summed E-state index contributed by atoms with van der Waals surface area (Å²) < 4.78 is 4.39. The molecule has 0 heterocycles. The third-order valence-corrected chi connectivity index (χ3v) is 2.90. The maximum atomic E-state index is 4.39. The SMILES string of the molecule is CCN(CC)C1CCCCC1.CO[SiH3]. The van der Waals surface area contributed by atoms with Gasteiger partial charge in [-0.3, -0.25) is 0 Å². The molecule has 0 aromatic heterocycles. The lowest BCUT2D eigenvalue weighted by molar-refractivity contribution is 0.172. The number of rotatable bonds is 3. The fraction of sp³-hybridized carbons (Fsp3) is 1.00. The Morgan fingerprint density at radius 2 is 1.57 bits per heavy atom. The minimum absolute atomic E-state index is 0.869. The van der Waals surface area contributed by atoms with Gasteiger partial charge in [0.05, 0.1) is 0 Å². The highest BCUT2D eigenvalue weighted by atomic mass is 28.2. The molecule has 0 N–H and O–H groups in total. The van der Waals surface area contributed by atoms with E-state index in [0.29, 0.717) is 0 Å². The van der Waals surface area contributed by atoms with Gasteiger partial charge in [-0.25, -0.2) is 0 Å². The summed E-state index contributed by atoms with van der Waals surface area (Å²) in [7, 11) is 2.56. The second-order valence-electron chi connectivity index (χ2n) is 3.92. The first-order chi connectivity index (χ1) is 6.79. The Bertz CT molecular complexity index is 112. The van der Waals surface area contributed by atoms with E-state index in [1.165, 1.54) is 45.2 Å². The van der Waals surface area contributed by atoms with Crippen molar-refractivity contribution in [2.45, 2.75) is 52.0 Å². The minimum Gasteiger partial charge on any atom is -0.431 e. The van der Waals surface area contributed by atoms with E-state index in [1.807, 2.05) is 0 Å². The molecular formula is C11H27NOSi. The largest absolute Gasteiger partial charge is 0.431 e. The molecule has 0 saturated heterocycles. The van der Waals surface area contributed by atoms with Crippen LogP contribution in [0.5, 0.6) is 0 Å². The zero-order chi connectivity index (χ0) is 10.8. The first-order valence-electron chi connectivity index (χ1n) is 5.94. The minimum atomic E-state index is 0.869. The van der Waals surface area contributed by atoms with Gasteiger partial charge in [0, 0.05) is 13.2 Å². The lowest BCUT2D eigenvalue weighted by Gasteiger charge is -2.32. The topological polar surface area (TPSA) is 12.5 Å². The van der Waals surface area contributed by atoms with E-state index in [2.05, 4.69) is 23.2 Å². The van der Waals surface area contributed by atoms with Crippen molar-refractivity contribution in [3.05, 3.63) is 0 Å². The average Bonchev–Trinajstić information content (AvgIpc) is 2.22. The Morgan fingerprint density at radius 3 is 1.93 bits per heavy atom. The molecule has 0 unspecified atom stereocenters. The van der Waals surface area contributed by atoms with Crippen molar-refractivity contribution in [2.24, 2.45) is 0 Å². The van der Waals surface area contributed by atoms with Crippen LogP contribution in [0.2, 0.25) is 0 Å². The summed E-state index contributed by atoms with van der Waals surface area (Å²) in [4.78, 5) is 2.61. The number of nitrogens with zero attached hydrogens (tertiary/aromatic N) is 1. The molecular weight excluding hydrogens is 190 g/mol. The van der Waals surface area contributed by atoms with Crippen molar-refractivity contribution in [1.82, 2.24) is 4.90 Å². The lowest BCUT2D eigenvalue weighted by atomic mass is 9.94. The summed E-state index contributed by atoms with van der Waals surface area (Å²) >= 11 is 0. The highest BCUT2D eigenvalue weighted by Gasteiger charge is 2.17. The van der Waals surface area contributed by atoms with Gasteiger partial charge in [-0.1, -0.05) is 33.1 Å². The van der Waals surface area contributed by atoms with Crippen molar-refractivity contribution in [3.8, 4) is 0 Å². The molecule has 0 aliphatic heterocycles. The third kappa shape index (κ3) is 5.78. The van der Waals surface area contributed by atoms with Crippen LogP contribution in [0.4, 0.5) is 0 Å². The van der Waals surface area contributed by atoms with Gasteiger partial charge in [0.1, 0.15) is 10.5 Å². The molecule has 1 aliphatic rings. The molecule has 1 saturated carbocycles. The van der Waals surface area contributed by atoms with Gasteiger partial charge >= 0.3 is 0 Å². The van der Waals surface area contributed by atoms with Crippen molar-refractivity contribution in [1.29, 1.82) is 0 Å². The average molecular weight is 217 g/mol. The Hall–Kier alpha value is 0.137. The van der Waals surface area contributed by atoms with Crippen molar-refractivity contribution >= 4 is 10.5 Å². The maximum absolute atomic E-state index is 4.39. The quantitative estimate of drug-likeness (QED) is 0.666. The van der Waals surface area contributed by atoms with Crippen LogP contribution in [-0.2, 0) is 4.43 Å². The molecule has 0 spiro atoms. The normalized spacial score (nSPS) is 18.0. The van der Waals surface area contributed by atoms with Crippen LogP contribution in [0.1, 0.15) is 46.0 Å². The lowest BCUT2D eigenvalue weighted by Crippen LogP contribution is -2.36. The molecule has 0 bridgehead atoms. The van der Waals surface area contributed by atoms with Crippen LogP contribution in [0, 0.1) is 0 Å². The Balaban J connectivity index is 0.000000500. The summed E-state index contributed by atoms with van der Waals surface area (Å²) in [5.41, 5.74) is 0. The Kier molecular flexibility index (Phi) is 9.78. The van der Waals surface area contributed by atoms with Crippen LogP contribution >= 0.6 is 0 Å². The standard InChI is InChI=1S/C10H21N.CH6OSi/c1-3-11(4-2)10-8-6-5-7-9-10;1-2-3/h10H,3-9H2,1-2H3;1,3H3. The molecule has 1 aliphatic carbocycles. The molecule has 0 atom stereocenters. The van der Waals surface area contributed by atoms with Crippen molar-refractivity contribution < 1.29 is 4.43 Å². The Labute approximate surface area is 92.6 Å². The predicted molar refractivity (Wildman–Crippen MR) is 66.7 cm³/mol. The first kappa shape index (κ1) is 14.1. The molecule has 1 rings (SSSR count). The first-order valence-corrected chi connectivity index (χ1v) is 6.75. The van der Waals surface area contributed by atoms with E-state index in [9.17, 15) is 0 Å². The van der Waals surface area contributed by atoms with Crippen LogP contribution < -0.4 is 0 Å². The molecule has 0 amide bonds. The zero-order valence-electron chi connectivity index (χ0n) is 10.4. The number of hydrogen-bond acceptors (Lipinski definition) is 2. The van der Waals surface area contributed by atoms with Crippen LogP contribution in [0.15, 0.2) is 0 Å². The fourth-order valence-corrected chi connectivity index (χ4v) is 2.19. The van der Waals surface area contributed by atoms with Gasteiger partial charge in [-0.15, -0.1) is 0 Å². The molecule has 0 aromatic carbocycles. The van der Waals surface area contributed by atoms with Crippen LogP contribution in [0.25, 0.3) is 0 Å². The maximum Gasteiger partial charge on any atom is 0.145 e. The highest BCUT2D eigenvalue weighted by Crippen LogP contribution is 2.21. The summed E-state index contributed by atoms with van der Waals surface area (Å²) in [5, 5.41) is 0. The van der Waals surface area contributed by atoms with Gasteiger partial charge in [-0.05, 0) is 25.9 Å². The summed E-state index contributed by atoms with van der Waals surface area (Å²) in [5.74, 6) is 0. The number of hydrogen-bond donors (Lipinski definition) is 0. The monoisotopic (exact) mass is 217 g/mol. The fourth-order valence-electron chi connectivity index (χ4n) is 2.19. The highest BCUT2D eigenvalue weighted by molar-refractivity contribution is 5.97. The van der Waals surface area contributed by atoms with E-state index in [4.69, 9.17) is 0 Å². The molecule has 0 radical (unpaired) electrons. The molecule has 14 heavy (non-hydrogen) atoms. The van der Waals surface area contributed by atoms with Gasteiger partial charge < -0.3 is 9.33 Å². The van der Waals surface area contributed by atoms with Gasteiger partial charge in [0.2, 0.25) is 0 Å². The van der Waals surface area contributed by atoms with E-state index >= 15 is 0 Å². The summed E-state index contributed by atoms with van der Waals surface area (Å²) in [6.07, 6.45) is 7.28. The van der Waals surface area contributed by atoms with Crippen molar-refractivity contribution in [2.75, 3.05) is 20.2 Å². The van der Waals surface area contributed by atoms with E-state index < -0.39 is 0 Å². The van der Waals surface area contributed by atoms with Gasteiger partial charge in [0.15, 0.2) is 0 Å². The van der Waals surface area contributed by atoms with Gasteiger partial charge in [-0.2, -0.15) is 0 Å². The van der Waals surface area contributed by atoms with E-state index in [-0.39, 0.29) is 0 Å². The van der Waals surface area contributed by atoms with E-state index in [1.54, 1.807) is 7.11 Å². The third-order valence-electron chi connectivity index (χ3n) is 2.90. The second-order valence-corrected chi connectivity index (χ2v) is 4.74. The van der Waals surface area contributed by atoms with Gasteiger partial charge in [0.25, 0.3) is 0 Å². The van der Waals surface area contributed by atoms with Crippen LogP contribution in [0.3, 0.4) is 0 Å². The predicted octanol–water partition coefficient (Wildman–Crippen LogP) is 1.57. The Morgan fingerprint density at radius 1 is 1.14 bits per heavy atom. The summed E-state index contributed by atoms with van der Waals surface area (Å²) in [6, 6.07) is 0.916. The van der Waals surface area contributed by atoms with Crippen molar-refractivity contribution in [3.63, 3.8) is 0 Å². The molecule has 2 nitrogen and oxygen atoms in total. The molecule has 0 aromatic rings. The molecule has 1 fully saturated rings. The van der Waals surface area contributed by atoms with E-state index in [0.717, 1.165) is 16.5 Å². The molecule has 3 heteroatoms. The molecule has 86 valence electrons. The second kappa shape index (κ2) is 9.68. The smallest absolute Gasteiger partial charge is 0.145 e. The summed E-state index contributed by atoms with van der Waals surface area (Å²) in [6.45, 7) is 7.03. The van der Waals surface area contributed by atoms with Crippen LogP contribution in [-0.4, -0.2) is 41.6 Å². The zero-order valence-corrected chi connectivity index (χ0v) is 12.4.